The van der Waals surface area contributed by atoms with Gasteiger partial charge >= 0.3 is 5.97 Å². The summed E-state index contributed by atoms with van der Waals surface area (Å²) >= 11 is 2.51. The van der Waals surface area contributed by atoms with Crippen LogP contribution in [0.5, 0.6) is 0 Å². The molecule has 4 aromatic rings. The van der Waals surface area contributed by atoms with Crippen molar-refractivity contribution < 1.29 is 17.9 Å². The van der Waals surface area contributed by atoms with E-state index in [9.17, 15) is 13.2 Å². The molecule has 4 rings (SSSR count). The maximum atomic E-state index is 12.9. The van der Waals surface area contributed by atoms with E-state index in [1.807, 2.05) is 28.2 Å². The number of rotatable bonds is 5. The number of carbonyl (C=O) groups is 1. The molecule has 3 heterocycles. The summed E-state index contributed by atoms with van der Waals surface area (Å²) < 4.78 is 34.9. The Hall–Kier alpha value is -2.69. The molecule has 0 fully saturated rings. The van der Waals surface area contributed by atoms with E-state index in [1.54, 1.807) is 18.2 Å². The van der Waals surface area contributed by atoms with E-state index in [4.69, 9.17) is 0 Å². The molecule has 0 aliphatic rings. The van der Waals surface area contributed by atoms with E-state index in [0.29, 0.717) is 16.9 Å². The van der Waals surface area contributed by atoms with Crippen molar-refractivity contribution in [1.29, 1.82) is 0 Å². The summed E-state index contributed by atoms with van der Waals surface area (Å²) in [7, 11) is -2.76. The zero-order valence-electron chi connectivity index (χ0n) is 13.9. The first kappa shape index (κ1) is 17.7. The molecule has 0 radical (unpaired) electrons. The number of esters is 1. The molecule has 138 valence electrons. The molecule has 27 heavy (non-hydrogen) atoms. The number of fused-ring (bicyclic) bond motifs is 1. The Bertz CT molecular complexity index is 1210. The predicted molar refractivity (Wildman–Crippen MR) is 105 cm³/mol. The van der Waals surface area contributed by atoms with Crippen LogP contribution in [0.2, 0.25) is 0 Å². The minimum atomic E-state index is -3.98. The normalized spacial score (nSPS) is 11.6. The molecule has 1 aromatic carbocycles. The number of imidazole rings is 1. The molecule has 0 bridgehead atoms. The number of aromatic nitrogens is 2. The van der Waals surface area contributed by atoms with Gasteiger partial charge in [-0.25, -0.2) is 18.2 Å². The fourth-order valence-electron chi connectivity index (χ4n) is 2.60. The topological polar surface area (TPSA) is 89.8 Å². The molecular formula is C17H13N3O4S3. The number of nitrogens with zero attached hydrogens (tertiary/aromatic N) is 2. The third-order valence-corrected chi connectivity index (χ3v) is 7.03. The molecule has 0 atom stereocenters. The highest BCUT2D eigenvalue weighted by Crippen LogP contribution is 2.31. The van der Waals surface area contributed by atoms with Gasteiger partial charge in [0.25, 0.3) is 10.0 Å². The number of para-hydroxylation sites is 1. The summed E-state index contributed by atoms with van der Waals surface area (Å²) in [5, 5.41) is 3.46. The molecule has 0 aliphatic carbocycles. The van der Waals surface area contributed by atoms with Crippen molar-refractivity contribution in [2.75, 3.05) is 11.8 Å². The van der Waals surface area contributed by atoms with E-state index in [1.165, 1.54) is 29.9 Å². The van der Waals surface area contributed by atoms with E-state index in [-0.39, 0.29) is 9.77 Å². The summed E-state index contributed by atoms with van der Waals surface area (Å²) in [5.41, 5.74) is 1.68. The van der Waals surface area contributed by atoms with Gasteiger partial charge in [0, 0.05) is 23.3 Å². The second-order valence-electron chi connectivity index (χ2n) is 5.48. The number of carbonyl (C=O) groups excluding carboxylic acids is 1. The zero-order chi connectivity index (χ0) is 19.0. The maximum Gasteiger partial charge on any atom is 0.349 e. The Kier molecular flexibility index (Phi) is 4.46. The zero-order valence-corrected chi connectivity index (χ0v) is 16.4. The molecule has 0 unspecified atom stereocenters. The van der Waals surface area contributed by atoms with Crippen molar-refractivity contribution >= 4 is 49.3 Å². The number of hydrogen-bond donors (Lipinski definition) is 1. The molecule has 7 nitrogen and oxygen atoms in total. The molecule has 1 N–H and O–H groups in total. The van der Waals surface area contributed by atoms with Crippen molar-refractivity contribution in [2.45, 2.75) is 4.90 Å². The third kappa shape index (κ3) is 3.22. The fourth-order valence-corrected chi connectivity index (χ4v) is 5.72. The van der Waals surface area contributed by atoms with E-state index >= 15 is 0 Å². The van der Waals surface area contributed by atoms with Crippen LogP contribution in [0, 0.1) is 0 Å². The highest BCUT2D eigenvalue weighted by atomic mass is 32.2. The van der Waals surface area contributed by atoms with Crippen LogP contribution in [0.1, 0.15) is 9.67 Å². The molecular weight excluding hydrogens is 406 g/mol. The summed E-state index contributed by atoms with van der Waals surface area (Å²) in [4.78, 5) is 17.1. The van der Waals surface area contributed by atoms with E-state index in [0.717, 1.165) is 16.3 Å². The highest BCUT2D eigenvalue weighted by molar-refractivity contribution is 7.93. The molecule has 0 saturated heterocycles. The lowest BCUT2D eigenvalue weighted by Gasteiger charge is -2.11. The van der Waals surface area contributed by atoms with E-state index in [2.05, 4.69) is 14.4 Å². The Morgan fingerprint density at radius 3 is 2.78 bits per heavy atom. The molecule has 0 spiro atoms. The van der Waals surface area contributed by atoms with Gasteiger partial charge in [-0.3, -0.25) is 9.12 Å². The predicted octanol–water partition coefficient (Wildman–Crippen LogP) is 3.71. The Morgan fingerprint density at radius 1 is 1.19 bits per heavy atom. The van der Waals surface area contributed by atoms with Gasteiger partial charge in [0.05, 0.1) is 18.5 Å². The van der Waals surface area contributed by atoms with Crippen LogP contribution in [0.15, 0.2) is 58.4 Å². The molecule has 0 saturated carbocycles. The van der Waals surface area contributed by atoms with Crippen LogP contribution in [0.3, 0.4) is 0 Å². The van der Waals surface area contributed by atoms with Crippen molar-refractivity contribution in [3.8, 4) is 11.3 Å². The average molecular weight is 420 g/mol. The van der Waals surface area contributed by atoms with Crippen molar-refractivity contribution in [2.24, 2.45) is 0 Å². The average Bonchev–Trinajstić information content (AvgIpc) is 3.36. The number of thiazole rings is 1. The lowest BCUT2D eigenvalue weighted by molar-refractivity contribution is 0.0602. The lowest BCUT2D eigenvalue weighted by Crippen LogP contribution is -2.16. The smallest absolute Gasteiger partial charge is 0.349 e. The SMILES string of the molecule is COC(=O)c1sccc1S(=O)(=O)Nc1ccccc1-c1cn2ccsc2n1. The fraction of sp³-hybridized carbons (Fsp3) is 0.0588. The van der Waals surface area contributed by atoms with Gasteiger partial charge in [0.15, 0.2) is 4.96 Å². The summed E-state index contributed by atoms with van der Waals surface area (Å²) in [6.07, 6.45) is 3.72. The van der Waals surface area contributed by atoms with Crippen LogP contribution in [-0.4, -0.2) is 30.9 Å². The monoisotopic (exact) mass is 419 g/mol. The lowest BCUT2D eigenvalue weighted by atomic mass is 10.1. The standard InChI is InChI=1S/C17H13N3O4S3/c1-24-16(21)15-14(6-8-25-15)27(22,23)19-12-5-3-2-4-11(12)13-10-20-7-9-26-17(20)18-13/h2-10,19H,1H3. The number of nitrogens with one attached hydrogen (secondary N) is 1. The number of anilines is 1. The Balaban J connectivity index is 1.74. The van der Waals surface area contributed by atoms with Crippen molar-refractivity contribution in [3.05, 3.63) is 58.4 Å². The van der Waals surface area contributed by atoms with Crippen LogP contribution in [0.25, 0.3) is 16.2 Å². The number of sulfonamides is 1. The van der Waals surface area contributed by atoms with E-state index < -0.39 is 16.0 Å². The minimum Gasteiger partial charge on any atom is -0.465 e. The van der Waals surface area contributed by atoms with Gasteiger partial charge in [-0.15, -0.1) is 22.7 Å². The summed E-state index contributed by atoms with van der Waals surface area (Å²) in [6.45, 7) is 0. The second kappa shape index (κ2) is 6.80. The van der Waals surface area contributed by atoms with Gasteiger partial charge in [0.2, 0.25) is 0 Å². The maximum absolute atomic E-state index is 12.9. The molecule has 0 aliphatic heterocycles. The second-order valence-corrected chi connectivity index (χ2v) is 8.92. The number of benzene rings is 1. The van der Waals surface area contributed by atoms with Crippen LogP contribution >= 0.6 is 22.7 Å². The minimum absolute atomic E-state index is 0.0324. The number of ether oxygens (including phenoxy) is 1. The number of hydrogen-bond acceptors (Lipinski definition) is 7. The molecule has 10 heteroatoms. The van der Waals surface area contributed by atoms with Gasteiger partial charge in [-0.05, 0) is 17.5 Å². The van der Waals surface area contributed by atoms with Gasteiger partial charge in [-0.1, -0.05) is 18.2 Å². The van der Waals surface area contributed by atoms with Gasteiger partial charge in [-0.2, -0.15) is 0 Å². The largest absolute Gasteiger partial charge is 0.465 e. The number of thiophene rings is 1. The Labute approximate surface area is 162 Å². The quantitative estimate of drug-likeness (QED) is 0.498. The first-order valence-electron chi connectivity index (χ1n) is 7.70. The molecule has 0 amide bonds. The first-order valence-corrected chi connectivity index (χ1v) is 10.9. The van der Waals surface area contributed by atoms with Crippen molar-refractivity contribution in [3.63, 3.8) is 0 Å². The molecule has 3 aromatic heterocycles. The number of methoxy groups -OCH3 is 1. The van der Waals surface area contributed by atoms with Crippen LogP contribution in [0.4, 0.5) is 5.69 Å². The van der Waals surface area contributed by atoms with Gasteiger partial charge in [0.1, 0.15) is 9.77 Å². The Morgan fingerprint density at radius 2 is 2.00 bits per heavy atom. The summed E-state index contributed by atoms with van der Waals surface area (Å²) in [5.74, 6) is -0.687. The van der Waals surface area contributed by atoms with Crippen LogP contribution < -0.4 is 4.72 Å². The van der Waals surface area contributed by atoms with Crippen LogP contribution in [-0.2, 0) is 14.8 Å². The van der Waals surface area contributed by atoms with Gasteiger partial charge < -0.3 is 4.74 Å². The highest BCUT2D eigenvalue weighted by Gasteiger charge is 2.25. The van der Waals surface area contributed by atoms with Crippen molar-refractivity contribution in [1.82, 2.24) is 9.38 Å². The summed E-state index contributed by atoms with van der Waals surface area (Å²) in [6, 6.07) is 8.37. The first-order chi connectivity index (χ1) is 13.0. The third-order valence-electron chi connectivity index (χ3n) is 3.83.